The summed E-state index contributed by atoms with van der Waals surface area (Å²) in [6, 6.07) is 0. The number of alkyl halides is 4. The van der Waals surface area contributed by atoms with Gasteiger partial charge in [0.15, 0.2) is 0 Å². The molecule has 0 fully saturated rings. The molecular weight excluding hydrogens is 232 g/mol. The Morgan fingerprint density at radius 1 is 1.07 bits per heavy atom. The molecular formula is C8H16F4O2Si. The summed E-state index contributed by atoms with van der Waals surface area (Å²) in [6.45, 7) is 2.38. The second kappa shape index (κ2) is 4.79. The van der Waals surface area contributed by atoms with Gasteiger partial charge in [-0.2, -0.15) is 17.6 Å². The van der Waals surface area contributed by atoms with Crippen molar-refractivity contribution in [2.75, 3.05) is 19.4 Å². The molecule has 2 nitrogen and oxygen atoms in total. The average molecular weight is 248 g/mol. The highest BCUT2D eigenvalue weighted by molar-refractivity contribution is 6.76. The van der Waals surface area contributed by atoms with Gasteiger partial charge in [-0.15, -0.1) is 0 Å². The van der Waals surface area contributed by atoms with Crippen LogP contribution in [0, 0.1) is 0 Å². The number of hydrogen-bond acceptors (Lipinski definition) is 2. The topological polar surface area (TPSA) is 29.5 Å². The van der Waals surface area contributed by atoms with Gasteiger partial charge in [-0.25, -0.2) is 0 Å². The zero-order valence-corrected chi connectivity index (χ0v) is 9.99. The van der Waals surface area contributed by atoms with E-state index in [1.807, 2.05) is 19.6 Å². The van der Waals surface area contributed by atoms with E-state index < -0.39 is 33.1 Å². The van der Waals surface area contributed by atoms with Crippen molar-refractivity contribution < 1.29 is 27.4 Å². The van der Waals surface area contributed by atoms with Crippen molar-refractivity contribution in [1.29, 1.82) is 0 Å². The van der Waals surface area contributed by atoms with Crippen molar-refractivity contribution in [3.05, 3.63) is 0 Å². The molecule has 0 aliphatic carbocycles. The highest BCUT2D eigenvalue weighted by Gasteiger charge is 2.56. The van der Waals surface area contributed by atoms with Crippen LogP contribution >= 0.6 is 0 Å². The van der Waals surface area contributed by atoms with Crippen molar-refractivity contribution in [3.63, 3.8) is 0 Å². The van der Waals surface area contributed by atoms with E-state index in [0.717, 1.165) is 0 Å². The molecule has 0 aromatic carbocycles. The lowest BCUT2D eigenvalue weighted by molar-refractivity contribution is -0.243. The Balaban J connectivity index is 4.17. The fourth-order valence-corrected chi connectivity index (χ4v) is 1.42. The molecule has 7 heteroatoms. The summed E-state index contributed by atoms with van der Waals surface area (Å²) in [6.07, 6.45) is 0.0874. The summed E-state index contributed by atoms with van der Waals surface area (Å²) in [5, 5.41) is 8.11. The molecule has 0 rings (SSSR count). The fourth-order valence-electron chi connectivity index (χ4n) is 0.707. The van der Waals surface area contributed by atoms with Crippen LogP contribution < -0.4 is 0 Å². The minimum atomic E-state index is -4.42. The third-order valence-electron chi connectivity index (χ3n) is 1.55. The molecule has 92 valence electrons. The average Bonchev–Trinajstić information content (AvgIpc) is 2.01. The van der Waals surface area contributed by atoms with Crippen LogP contribution in [0.4, 0.5) is 17.6 Å². The Morgan fingerprint density at radius 3 is 1.87 bits per heavy atom. The molecule has 0 radical (unpaired) electrons. The summed E-state index contributed by atoms with van der Waals surface area (Å²) >= 11 is 0. The number of halogens is 4. The van der Waals surface area contributed by atoms with Gasteiger partial charge in [0.2, 0.25) is 0 Å². The summed E-state index contributed by atoms with van der Waals surface area (Å²) in [7, 11) is -1.69. The quantitative estimate of drug-likeness (QED) is 0.576. The van der Waals surface area contributed by atoms with E-state index in [9.17, 15) is 17.6 Å². The van der Waals surface area contributed by atoms with Crippen molar-refractivity contribution in [2.45, 2.75) is 31.5 Å². The van der Waals surface area contributed by atoms with Crippen LogP contribution in [0.25, 0.3) is 0 Å². The Bertz CT molecular complexity index is 203. The molecule has 15 heavy (non-hydrogen) atoms. The molecule has 0 bridgehead atoms. The van der Waals surface area contributed by atoms with Crippen molar-refractivity contribution in [3.8, 4) is 0 Å². The van der Waals surface area contributed by atoms with Gasteiger partial charge in [0.25, 0.3) is 0 Å². The number of aliphatic hydroxyl groups excluding tert-OH is 1. The third kappa shape index (κ3) is 4.94. The molecule has 0 aliphatic heterocycles. The molecule has 0 aromatic rings. The van der Waals surface area contributed by atoms with Crippen LogP contribution in [0.1, 0.15) is 0 Å². The summed E-state index contributed by atoms with van der Waals surface area (Å²) in [4.78, 5) is 0. The first-order chi connectivity index (χ1) is 6.52. The second-order valence-corrected chi connectivity index (χ2v) is 10.0. The van der Waals surface area contributed by atoms with E-state index in [4.69, 9.17) is 5.11 Å². The monoisotopic (exact) mass is 248 g/mol. The van der Waals surface area contributed by atoms with Crippen molar-refractivity contribution in [2.24, 2.45) is 0 Å². The van der Waals surface area contributed by atoms with E-state index in [1.54, 1.807) is 0 Å². The van der Waals surface area contributed by atoms with Crippen LogP contribution in [-0.4, -0.2) is 44.5 Å². The normalized spacial score (nSPS) is 14.4. The molecule has 0 unspecified atom stereocenters. The van der Waals surface area contributed by atoms with Gasteiger partial charge in [0, 0.05) is 6.23 Å². The first-order valence-corrected chi connectivity index (χ1v) is 8.17. The van der Waals surface area contributed by atoms with Gasteiger partial charge < -0.3 is 9.84 Å². The number of ether oxygens (including phenoxy) is 1. The molecule has 0 atom stereocenters. The lowest BCUT2D eigenvalue weighted by Gasteiger charge is -2.26. The molecule has 0 aliphatic rings. The predicted molar refractivity (Wildman–Crippen MR) is 51.1 cm³/mol. The van der Waals surface area contributed by atoms with Crippen LogP contribution in [0.15, 0.2) is 0 Å². The van der Waals surface area contributed by atoms with Gasteiger partial charge in [0.1, 0.15) is 13.2 Å². The molecule has 1 N–H and O–H groups in total. The largest absolute Gasteiger partial charge is 0.390 e. The maximum atomic E-state index is 12.8. The zero-order chi connectivity index (χ0) is 12.3. The number of rotatable bonds is 6. The molecule has 0 aromatic heterocycles. The number of aliphatic hydroxyl groups is 1. The smallest absolute Gasteiger partial charge is 0.335 e. The highest BCUT2D eigenvalue weighted by atomic mass is 28.3. The maximum absolute atomic E-state index is 12.8. The van der Waals surface area contributed by atoms with Crippen LogP contribution in [0.3, 0.4) is 0 Å². The first kappa shape index (κ1) is 14.9. The van der Waals surface area contributed by atoms with E-state index in [0.29, 0.717) is 0 Å². The summed E-state index contributed by atoms with van der Waals surface area (Å²) in [5.41, 5.74) is 0. The van der Waals surface area contributed by atoms with E-state index in [2.05, 4.69) is 4.74 Å². The van der Waals surface area contributed by atoms with Gasteiger partial charge in [0.05, 0.1) is 8.07 Å². The Hall–Kier alpha value is -0.143. The van der Waals surface area contributed by atoms with Crippen LogP contribution in [0.5, 0.6) is 0 Å². The Morgan fingerprint density at radius 2 is 1.53 bits per heavy atom. The SMILES string of the molecule is C[Si](C)(C)COCC(F)(F)C(F)(F)CO. The Labute approximate surface area is 87.2 Å². The summed E-state index contributed by atoms with van der Waals surface area (Å²) in [5.74, 6) is -8.74. The molecule has 0 saturated carbocycles. The van der Waals surface area contributed by atoms with Gasteiger partial charge in [-0.05, 0) is 0 Å². The minimum Gasteiger partial charge on any atom is -0.390 e. The second-order valence-electron chi connectivity index (χ2n) is 4.62. The fraction of sp³-hybridized carbons (Fsp3) is 1.00. The molecule has 0 amide bonds. The standard InChI is InChI=1S/C8H16F4O2Si/c1-15(2,3)6-14-5-8(11,12)7(9,10)4-13/h13H,4-6H2,1-3H3. The lowest BCUT2D eigenvalue weighted by Crippen LogP contribution is -2.47. The third-order valence-corrected chi connectivity index (χ3v) is 2.62. The predicted octanol–water partition coefficient (Wildman–Crippen LogP) is 2.14. The van der Waals surface area contributed by atoms with Crippen LogP contribution in [-0.2, 0) is 4.74 Å². The van der Waals surface area contributed by atoms with E-state index >= 15 is 0 Å². The highest BCUT2D eigenvalue weighted by Crippen LogP contribution is 2.33. The van der Waals surface area contributed by atoms with Crippen LogP contribution in [0.2, 0.25) is 19.6 Å². The van der Waals surface area contributed by atoms with Gasteiger partial charge in [-0.1, -0.05) is 19.6 Å². The zero-order valence-electron chi connectivity index (χ0n) is 8.99. The molecule has 0 saturated heterocycles. The lowest BCUT2D eigenvalue weighted by atomic mass is 10.2. The minimum absolute atomic E-state index is 0.0874. The summed E-state index contributed by atoms with van der Waals surface area (Å²) < 4.78 is 55.1. The van der Waals surface area contributed by atoms with Crippen molar-refractivity contribution >= 4 is 8.07 Å². The van der Waals surface area contributed by atoms with Crippen molar-refractivity contribution in [1.82, 2.24) is 0 Å². The van der Waals surface area contributed by atoms with E-state index in [-0.39, 0.29) is 6.23 Å². The maximum Gasteiger partial charge on any atom is 0.335 e. The van der Waals surface area contributed by atoms with E-state index in [1.165, 1.54) is 0 Å². The number of hydrogen-bond donors (Lipinski definition) is 1. The molecule has 0 spiro atoms. The van der Waals surface area contributed by atoms with Gasteiger partial charge >= 0.3 is 11.8 Å². The first-order valence-electron chi connectivity index (χ1n) is 4.46. The van der Waals surface area contributed by atoms with Gasteiger partial charge in [-0.3, -0.25) is 0 Å². The Kier molecular flexibility index (Phi) is 4.75. The molecule has 0 heterocycles.